The van der Waals surface area contributed by atoms with Crippen molar-refractivity contribution in [2.45, 2.75) is 19.5 Å². The second kappa shape index (κ2) is 8.29. The van der Waals surface area contributed by atoms with Crippen molar-refractivity contribution in [1.29, 1.82) is 5.26 Å². The normalized spacial score (nSPS) is 11.6. The van der Waals surface area contributed by atoms with Gasteiger partial charge in [0.05, 0.1) is 22.5 Å². The van der Waals surface area contributed by atoms with E-state index in [-0.39, 0.29) is 17.1 Å². The lowest BCUT2D eigenvalue weighted by atomic mass is 10.0. The van der Waals surface area contributed by atoms with Gasteiger partial charge in [-0.1, -0.05) is 30.3 Å². The van der Waals surface area contributed by atoms with Crippen molar-refractivity contribution in [3.05, 3.63) is 82.3 Å². The lowest BCUT2D eigenvalue weighted by molar-refractivity contribution is -0.137. The maximum absolute atomic E-state index is 13.3. The third kappa shape index (κ3) is 4.43. The van der Waals surface area contributed by atoms with Crippen LogP contribution in [0.5, 0.6) is 0 Å². The smallest absolute Gasteiger partial charge is 0.382 e. The first-order chi connectivity index (χ1) is 14.2. The number of pyridine rings is 1. The quantitative estimate of drug-likeness (QED) is 0.420. The predicted molar refractivity (Wildman–Crippen MR) is 103 cm³/mol. The molecular formula is C21H15F4N5. The van der Waals surface area contributed by atoms with Crippen molar-refractivity contribution in [2.75, 3.05) is 5.73 Å². The summed E-state index contributed by atoms with van der Waals surface area (Å²) in [6.07, 6.45) is -4.46. The number of anilines is 1. The molecule has 0 atom stereocenters. The minimum Gasteiger partial charge on any atom is -0.382 e. The fraction of sp³-hybridized carbons (Fsp3) is 0.143. The highest BCUT2D eigenvalue weighted by Crippen LogP contribution is 2.38. The summed E-state index contributed by atoms with van der Waals surface area (Å²) in [6.45, 7) is 1.56. The van der Waals surface area contributed by atoms with Gasteiger partial charge < -0.3 is 5.73 Å². The van der Waals surface area contributed by atoms with Crippen LogP contribution in [-0.4, -0.2) is 4.98 Å². The summed E-state index contributed by atoms with van der Waals surface area (Å²) in [4.78, 5) is 4.22. The molecule has 30 heavy (non-hydrogen) atoms. The van der Waals surface area contributed by atoms with Crippen LogP contribution in [0.3, 0.4) is 0 Å². The number of nitrogen functional groups attached to an aromatic ring is 1. The summed E-state index contributed by atoms with van der Waals surface area (Å²) >= 11 is 0. The number of hydrogen-bond acceptors (Lipinski definition) is 5. The molecule has 3 rings (SSSR count). The molecule has 9 heteroatoms. The Morgan fingerprint density at radius 1 is 1.10 bits per heavy atom. The van der Waals surface area contributed by atoms with Crippen molar-refractivity contribution in [3.8, 4) is 6.07 Å². The number of benzene rings is 2. The fourth-order valence-corrected chi connectivity index (χ4v) is 2.90. The van der Waals surface area contributed by atoms with E-state index in [2.05, 4.69) is 15.2 Å². The maximum atomic E-state index is 13.3. The highest BCUT2D eigenvalue weighted by atomic mass is 19.4. The zero-order valence-electron chi connectivity index (χ0n) is 15.7. The molecule has 0 spiro atoms. The monoisotopic (exact) mass is 413 g/mol. The average Bonchev–Trinajstić information content (AvgIpc) is 2.69. The van der Waals surface area contributed by atoms with Gasteiger partial charge in [-0.15, -0.1) is 10.2 Å². The Balaban J connectivity index is 2.03. The molecule has 3 aromatic rings. The first-order valence-corrected chi connectivity index (χ1v) is 8.72. The molecule has 0 aliphatic rings. The van der Waals surface area contributed by atoms with Crippen LogP contribution < -0.4 is 5.73 Å². The highest BCUT2D eigenvalue weighted by molar-refractivity contribution is 5.67. The first-order valence-electron chi connectivity index (χ1n) is 8.72. The van der Waals surface area contributed by atoms with E-state index in [4.69, 9.17) is 5.73 Å². The number of alkyl halides is 3. The van der Waals surface area contributed by atoms with Gasteiger partial charge in [0.2, 0.25) is 0 Å². The Labute approximate surface area is 169 Å². The highest BCUT2D eigenvalue weighted by Gasteiger charge is 2.34. The van der Waals surface area contributed by atoms with Crippen molar-refractivity contribution in [1.82, 2.24) is 4.98 Å². The molecule has 1 heterocycles. The zero-order chi connectivity index (χ0) is 21.9. The molecule has 0 bridgehead atoms. The van der Waals surface area contributed by atoms with Gasteiger partial charge in [0.15, 0.2) is 5.82 Å². The topological polar surface area (TPSA) is 87.4 Å². The van der Waals surface area contributed by atoms with Crippen LogP contribution in [-0.2, 0) is 12.6 Å². The number of nitrogens with zero attached hydrogens (tertiary/aromatic N) is 4. The number of azo groups is 1. The van der Waals surface area contributed by atoms with Crippen LogP contribution in [0.25, 0.3) is 0 Å². The van der Waals surface area contributed by atoms with E-state index in [1.165, 1.54) is 0 Å². The first kappa shape index (κ1) is 20.9. The van der Waals surface area contributed by atoms with Gasteiger partial charge in [-0.2, -0.15) is 18.4 Å². The summed E-state index contributed by atoms with van der Waals surface area (Å²) in [5.74, 6) is -1.12. The Hall–Kier alpha value is -3.80. The lowest BCUT2D eigenvalue weighted by Gasteiger charge is -2.12. The maximum Gasteiger partial charge on any atom is 0.418 e. The molecule has 0 saturated heterocycles. The minimum absolute atomic E-state index is 0.0131. The molecule has 0 aliphatic carbocycles. The van der Waals surface area contributed by atoms with E-state index < -0.39 is 23.2 Å². The number of aromatic nitrogens is 1. The van der Waals surface area contributed by atoms with Crippen LogP contribution in [0.4, 0.5) is 34.8 Å². The van der Waals surface area contributed by atoms with Crippen molar-refractivity contribution >= 4 is 17.2 Å². The molecule has 0 aliphatic heterocycles. The summed E-state index contributed by atoms with van der Waals surface area (Å²) < 4.78 is 52.7. The Morgan fingerprint density at radius 3 is 2.43 bits per heavy atom. The summed E-state index contributed by atoms with van der Waals surface area (Å²) in [6, 6.07) is 13.4. The SMILES string of the molecule is Cc1c(C#N)c(Cc2ccccc2)nc(N)c1N=Nc1ccc(F)cc1C(F)(F)F. The number of halogens is 4. The summed E-state index contributed by atoms with van der Waals surface area (Å²) in [7, 11) is 0. The van der Waals surface area contributed by atoms with Crippen LogP contribution in [0, 0.1) is 24.1 Å². The van der Waals surface area contributed by atoms with Gasteiger partial charge in [0.25, 0.3) is 0 Å². The van der Waals surface area contributed by atoms with Crippen LogP contribution >= 0.6 is 0 Å². The van der Waals surface area contributed by atoms with Gasteiger partial charge in [0.1, 0.15) is 17.6 Å². The van der Waals surface area contributed by atoms with E-state index in [0.29, 0.717) is 23.7 Å². The third-order valence-electron chi connectivity index (χ3n) is 4.36. The molecule has 1 aromatic heterocycles. The minimum atomic E-state index is -4.81. The second-order valence-corrected chi connectivity index (χ2v) is 6.43. The van der Waals surface area contributed by atoms with E-state index in [0.717, 1.165) is 17.7 Å². The Kier molecular flexibility index (Phi) is 5.78. The number of hydrogen-bond donors (Lipinski definition) is 1. The average molecular weight is 413 g/mol. The van der Waals surface area contributed by atoms with Gasteiger partial charge in [0, 0.05) is 6.42 Å². The standard InChI is InChI=1S/C21H15F4N5/c1-12-15(11-26)18(9-13-5-3-2-4-6-13)28-20(27)19(12)30-29-17-8-7-14(22)10-16(17)21(23,24)25/h2-8,10H,9H2,1H3,(H2,27,28). The van der Waals surface area contributed by atoms with Crippen LogP contribution in [0.15, 0.2) is 58.8 Å². The summed E-state index contributed by atoms with van der Waals surface area (Å²) in [5.41, 5.74) is 6.00. The molecule has 0 unspecified atom stereocenters. The van der Waals surface area contributed by atoms with E-state index in [9.17, 15) is 22.8 Å². The molecule has 5 nitrogen and oxygen atoms in total. The molecule has 2 N–H and O–H groups in total. The number of rotatable bonds is 4. The second-order valence-electron chi connectivity index (χ2n) is 6.43. The van der Waals surface area contributed by atoms with Crippen LogP contribution in [0.1, 0.15) is 27.9 Å². The van der Waals surface area contributed by atoms with E-state index in [1.807, 2.05) is 36.4 Å². The van der Waals surface area contributed by atoms with Crippen molar-refractivity contribution in [3.63, 3.8) is 0 Å². The lowest BCUT2D eigenvalue weighted by Crippen LogP contribution is -2.06. The molecular weight excluding hydrogens is 398 g/mol. The van der Waals surface area contributed by atoms with Gasteiger partial charge >= 0.3 is 6.18 Å². The van der Waals surface area contributed by atoms with E-state index in [1.54, 1.807) is 6.92 Å². The van der Waals surface area contributed by atoms with E-state index >= 15 is 0 Å². The molecule has 0 radical (unpaired) electrons. The molecule has 152 valence electrons. The van der Waals surface area contributed by atoms with Gasteiger partial charge in [-0.05, 0) is 36.2 Å². The van der Waals surface area contributed by atoms with Crippen LogP contribution in [0.2, 0.25) is 0 Å². The summed E-state index contributed by atoms with van der Waals surface area (Å²) in [5, 5.41) is 17.0. The molecule has 0 amide bonds. The predicted octanol–water partition coefficient (Wildman–Crippen LogP) is 6.01. The largest absolute Gasteiger partial charge is 0.418 e. The van der Waals surface area contributed by atoms with Crippen molar-refractivity contribution in [2.24, 2.45) is 10.2 Å². The number of nitriles is 1. The zero-order valence-corrected chi connectivity index (χ0v) is 15.7. The van der Waals surface area contributed by atoms with Gasteiger partial charge in [-0.25, -0.2) is 9.37 Å². The van der Waals surface area contributed by atoms with Gasteiger partial charge in [-0.3, -0.25) is 0 Å². The number of nitrogens with two attached hydrogens (primary N) is 1. The Morgan fingerprint density at radius 2 is 1.80 bits per heavy atom. The molecule has 0 fully saturated rings. The molecule has 0 saturated carbocycles. The third-order valence-corrected chi connectivity index (χ3v) is 4.36. The van der Waals surface area contributed by atoms with Crippen molar-refractivity contribution < 1.29 is 17.6 Å². The Bertz CT molecular complexity index is 1150. The fourth-order valence-electron chi connectivity index (χ4n) is 2.90. The molecule has 2 aromatic carbocycles.